The number of ether oxygens (including phenoxy) is 1. The highest BCUT2D eigenvalue weighted by molar-refractivity contribution is 6.80. The largest absolute Gasteiger partial charge is 0.415 e. The van der Waals surface area contributed by atoms with E-state index in [1.165, 1.54) is 0 Å². The van der Waals surface area contributed by atoms with E-state index in [1.54, 1.807) is 0 Å². The van der Waals surface area contributed by atoms with Crippen LogP contribution in [0.15, 0.2) is 0 Å². The molecule has 0 unspecified atom stereocenters. The van der Waals surface area contributed by atoms with Crippen molar-refractivity contribution in [1.29, 1.82) is 0 Å². The van der Waals surface area contributed by atoms with Crippen molar-refractivity contribution < 1.29 is 14.0 Å². The Morgan fingerprint density at radius 2 is 1.61 bits per heavy atom. The fourth-order valence-electron chi connectivity index (χ4n) is 2.74. The maximum absolute atomic E-state index is 12.8. The Morgan fingerprint density at radius 1 is 1.13 bits per heavy atom. The van der Waals surface area contributed by atoms with E-state index in [0.717, 1.165) is 0 Å². The summed E-state index contributed by atoms with van der Waals surface area (Å²) in [6.45, 7) is 23.8. The number of hydrogen-bond donors (Lipinski definition) is 0. The second-order valence-electron chi connectivity index (χ2n) is 10.2. The molecular weight excluding hydrogens is 322 g/mol. The monoisotopic (exact) mass is 357 g/mol. The van der Waals surface area contributed by atoms with Crippen LogP contribution < -0.4 is 0 Å². The van der Waals surface area contributed by atoms with Crippen molar-refractivity contribution in [3.8, 4) is 0 Å². The molecule has 1 amide bonds. The maximum Gasteiger partial charge on any atom is 0.252 e. The normalized spacial score (nSPS) is 29.0. The summed E-state index contributed by atoms with van der Waals surface area (Å²) >= 11 is 0. The molecule has 0 N–H and O–H groups in total. The van der Waals surface area contributed by atoms with Crippen LogP contribution in [-0.4, -0.2) is 51.9 Å². The van der Waals surface area contributed by atoms with Crippen molar-refractivity contribution in [2.75, 3.05) is 13.2 Å². The molecule has 134 valence electrons. The summed E-state index contributed by atoms with van der Waals surface area (Å²) in [6, 6.07) is 0.102. The summed E-state index contributed by atoms with van der Waals surface area (Å²) in [4.78, 5) is 12.8. The predicted molar refractivity (Wildman–Crippen MR) is 99.7 cm³/mol. The molecule has 0 aliphatic carbocycles. The lowest BCUT2D eigenvalue weighted by molar-refractivity contribution is -0.152. The van der Waals surface area contributed by atoms with Crippen molar-refractivity contribution in [2.45, 2.75) is 89.4 Å². The lowest BCUT2D eigenvalue weighted by atomic mass is 9.92. The fourth-order valence-corrected chi connectivity index (χ4v) is 6.23. The van der Waals surface area contributed by atoms with Crippen LogP contribution in [0.25, 0.3) is 0 Å². The van der Waals surface area contributed by atoms with Crippen LogP contribution in [0.2, 0.25) is 36.3 Å². The first kappa shape index (κ1) is 19.2. The third-order valence-corrected chi connectivity index (χ3v) is 16.6. The van der Waals surface area contributed by atoms with Gasteiger partial charge in [-0.2, -0.15) is 0 Å². The Kier molecular flexibility index (Phi) is 4.30. The summed E-state index contributed by atoms with van der Waals surface area (Å²) < 4.78 is 14.2. The molecule has 1 spiro atoms. The van der Waals surface area contributed by atoms with E-state index in [0.29, 0.717) is 13.2 Å². The molecule has 0 aromatic rings. The Morgan fingerprint density at radius 3 is 1.96 bits per heavy atom. The SMILES string of the molecule is CC(C)(C)[Si](C)(C)OC[C@H]1N([Si](C)(C)C(C)(C)C)C(=O)[C@@]12CO2. The maximum atomic E-state index is 12.8. The third-order valence-electron chi connectivity index (χ3n) is 6.73. The highest BCUT2D eigenvalue weighted by Gasteiger charge is 2.74. The van der Waals surface area contributed by atoms with Gasteiger partial charge in [-0.05, 0) is 23.2 Å². The molecule has 0 aromatic heterocycles. The Balaban J connectivity index is 2.18. The molecule has 2 fully saturated rings. The van der Waals surface area contributed by atoms with Crippen molar-refractivity contribution >= 4 is 22.5 Å². The standard InChI is InChI=1S/C17H35NO3Si2/c1-15(2,3)22(7,8)18-13(17(12-20-17)14(18)19)11-21-23(9,10)16(4,5)6/h13H,11-12H2,1-10H3/t13-,17-/m1/s1. The van der Waals surface area contributed by atoms with Gasteiger partial charge in [-0.25, -0.2) is 0 Å². The molecule has 6 heteroatoms. The van der Waals surface area contributed by atoms with E-state index in [-0.39, 0.29) is 22.0 Å². The average Bonchev–Trinajstić information content (AvgIpc) is 3.12. The third kappa shape index (κ3) is 2.85. The second-order valence-corrected chi connectivity index (χ2v) is 20.2. The van der Waals surface area contributed by atoms with Crippen LogP contribution in [-0.2, 0) is 14.0 Å². The molecule has 2 heterocycles. The van der Waals surface area contributed by atoms with Crippen LogP contribution in [0, 0.1) is 0 Å². The number of amides is 1. The van der Waals surface area contributed by atoms with Crippen molar-refractivity contribution in [3.05, 3.63) is 0 Å². The van der Waals surface area contributed by atoms with Crippen LogP contribution in [0.3, 0.4) is 0 Å². The zero-order valence-corrected chi connectivity index (χ0v) is 18.7. The zero-order chi connectivity index (χ0) is 18.1. The molecule has 2 aliphatic rings. The van der Waals surface area contributed by atoms with Crippen molar-refractivity contribution in [1.82, 2.24) is 4.57 Å². The molecule has 0 saturated carbocycles. The van der Waals surface area contributed by atoms with E-state index >= 15 is 0 Å². The summed E-state index contributed by atoms with van der Waals surface area (Å²) in [5, 5.41) is 0.314. The summed E-state index contributed by atoms with van der Waals surface area (Å²) in [6.07, 6.45) is 0. The molecule has 4 nitrogen and oxygen atoms in total. The van der Waals surface area contributed by atoms with E-state index in [1.807, 2.05) is 0 Å². The van der Waals surface area contributed by atoms with Crippen LogP contribution in [0.5, 0.6) is 0 Å². The first-order valence-electron chi connectivity index (χ1n) is 8.70. The lowest BCUT2D eigenvalue weighted by Crippen LogP contribution is -2.78. The number of carbonyl (C=O) groups is 1. The van der Waals surface area contributed by atoms with Gasteiger partial charge in [0.05, 0.1) is 19.3 Å². The van der Waals surface area contributed by atoms with Crippen molar-refractivity contribution in [2.24, 2.45) is 0 Å². The highest BCUT2D eigenvalue weighted by atomic mass is 28.4. The molecule has 0 aromatic carbocycles. The molecule has 23 heavy (non-hydrogen) atoms. The quantitative estimate of drug-likeness (QED) is 0.434. The van der Waals surface area contributed by atoms with Gasteiger partial charge in [-0.1, -0.05) is 54.6 Å². The summed E-state index contributed by atoms with van der Waals surface area (Å²) in [5.41, 5.74) is -0.544. The molecule has 0 radical (unpaired) electrons. The Bertz CT molecular complexity index is 499. The Labute approximate surface area is 144 Å². The van der Waals surface area contributed by atoms with Crippen LogP contribution in [0.1, 0.15) is 41.5 Å². The minimum atomic E-state index is -1.90. The van der Waals surface area contributed by atoms with E-state index in [9.17, 15) is 4.79 Å². The minimum Gasteiger partial charge on any atom is -0.415 e. The second kappa shape index (κ2) is 5.16. The molecule has 0 bridgehead atoms. The van der Waals surface area contributed by atoms with Gasteiger partial charge in [0.2, 0.25) is 0 Å². The molecule has 2 aliphatic heterocycles. The smallest absolute Gasteiger partial charge is 0.252 e. The van der Waals surface area contributed by atoms with E-state index in [4.69, 9.17) is 9.16 Å². The summed E-state index contributed by atoms with van der Waals surface area (Å²) in [7, 11) is -3.72. The number of β-lactam (4-membered cyclic amide) rings is 1. The number of rotatable bonds is 4. The van der Waals surface area contributed by atoms with Gasteiger partial charge in [0.1, 0.15) is 0 Å². The zero-order valence-electron chi connectivity index (χ0n) is 16.7. The number of epoxide rings is 1. The highest BCUT2D eigenvalue weighted by Crippen LogP contribution is 2.52. The van der Waals surface area contributed by atoms with Gasteiger partial charge < -0.3 is 13.7 Å². The van der Waals surface area contributed by atoms with Crippen LogP contribution >= 0.6 is 0 Å². The predicted octanol–water partition coefficient (Wildman–Crippen LogP) is 3.99. The first-order chi connectivity index (χ1) is 10.1. The average molecular weight is 358 g/mol. The molecule has 2 rings (SSSR count). The first-order valence-corrected chi connectivity index (χ1v) is 14.6. The topological polar surface area (TPSA) is 42.1 Å². The lowest BCUT2D eigenvalue weighted by Gasteiger charge is -2.58. The van der Waals surface area contributed by atoms with Crippen molar-refractivity contribution in [3.63, 3.8) is 0 Å². The van der Waals surface area contributed by atoms with E-state index in [2.05, 4.69) is 72.3 Å². The van der Waals surface area contributed by atoms with Crippen LogP contribution in [0.4, 0.5) is 0 Å². The van der Waals surface area contributed by atoms with E-state index < -0.39 is 22.2 Å². The Hall–Kier alpha value is -0.176. The summed E-state index contributed by atoms with van der Waals surface area (Å²) in [5.74, 6) is 0.202. The number of carbonyl (C=O) groups excluding carboxylic acids is 1. The van der Waals surface area contributed by atoms with Gasteiger partial charge >= 0.3 is 0 Å². The van der Waals surface area contributed by atoms with Gasteiger partial charge in [0.25, 0.3) is 5.91 Å². The molecular formula is C17H35NO3Si2. The number of nitrogens with zero attached hydrogens (tertiary/aromatic N) is 1. The molecule has 2 atom stereocenters. The minimum absolute atomic E-state index is 0.102. The number of hydrogen-bond acceptors (Lipinski definition) is 3. The van der Waals surface area contributed by atoms with Gasteiger partial charge in [0, 0.05) is 0 Å². The molecule has 2 saturated heterocycles. The van der Waals surface area contributed by atoms with Gasteiger partial charge in [-0.15, -0.1) is 0 Å². The van der Waals surface area contributed by atoms with Gasteiger partial charge in [0.15, 0.2) is 22.2 Å². The fraction of sp³-hybridized carbons (Fsp3) is 0.941. The van der Waals surface area contributed by atoms with Gasteiger partial charge in [-0.3, -0.25) is 4.79 Å².